The Hall–Kier alpha value is -2.03. The maximum Gasteiger partial charge on any atom is 0.466 e. The van der Waals surface area contributed by atoms with E-state index in [1.807, 2.05) is 0 Å². The predicted octanol–water partition coefficient (Wildman–Crippen LogP) is 8.39. The van der Waals surface area contributed by atoms with E-state index in [9.17, 15) is 132 Å². The number of phosphoric acid groups is 1. The molecule has 0 rings (SSSR count). The summed E-state index contributed by atoms with van der Waals surface area (Å²) in [5.41, 5.74) is 0. The van der Waals surface area contributed by atoms with Crippen molar-refractivity contribution < 1.29 is 151 Å². The molecule has 2 atom stereocenters. The first kappa shape index (κ1) is 52.1. The van der Waals surface area contributed by atoms with Crippen LogP contribution < -0.4 is 5.32 Å². The fraction of sp³-hybridized carbons (Fsp3) is 1.00. The van der Waals surface area contributed by atoms with E-state index in [1.54, 1.807) is 0 Å². The van der Waals surface area contributed by atoms with Crippen molar-refractivity contribution >= 4 is 7.82 Å². The zero-order valence-electron chi connectivity index (χ0n) is 22.3. The van der Waals surface area contributed by atoms with Crippen LogP contribution in [0, 0.1) is 0 Å². The molecule has 0 aliphatic heterocycles. The third-order valence-electron chi connectivity index (χ3n) is 5.52. The fourth-order valence-electron chi connectivity index (χ4n) is 2.56. The van der Waals surface area contributed by atoms with E-state index in [2.05, 4.69) is 0 Å². The van der Waals surface area contributed by atoms with Crippen molar-refractivity contribution in [2.45, 2.75) is 96.5 Å². The molecule has 0 amide bonds. The molecule has 316 valence electrons. The summed E-state index contributed by atoms with van der Waals surface area (Å²) in [5.74, 6) is -104. The van der Waals surface area contributed by atoms with Gasteiger partial charge < -0.3 is 14.7 Å². The van der Waals surface area contributed by atoms with Crippen LogP contribution >= 0.6 is 7.82 Å². The maximum atomic E-state index is 13.6. The Morgan fingerprint density at radius 2 is 0.462 bits per heavy atom. The lowest BCUT2D eigenvalue weighted by atomic mass is 9.90. The van der Waals surface area contributed by atoms with Gasteiger partial charge in [0, 0.05) is 0 Å². The normalized spacial score (nSPS) is 17.3. The van der Waals surface area contributed by atoms with Gasteiger partial charge in [-0.05, 0) is 0 Å². The van der Waals surface area contributed by atoms with Gasteiger partial charge in [-0.25, -0.2) is 36.2 Å². The highest BCUT2D eigenvalue weighted by atomic mass is 31.2. The van der Waals surface area contributed by atoms with Crippen LogP contribution in [-0.2, 0) is 4.57 Å². The molecule has 2 unspecified atom stereocenters. The minimum absolute atomic E-state index is 1.57. The van der Waals surface area contributed by atoms with Gasteiger partial charge in [0.1, 0.15) is 0 Å². The highest BCUT2D eigenvalue weighted by Gasteiger charge is 2.94. The average molecular weight is 879 g/mol. The molecule has 0 aliphatic carbocycles. The number of halogens is 30. The van der Waals surface area contributed by atoms with E-state index in [1.165, 1.54) is 0 Å². The number of nitrogens with one attached hydrogen (secondary N) is 1. The Balaban J connectivity index is 0. The highest BCUT2D eigenvalue weighted by Crippen LogP contribution is 2.63. The first-order chi connectivity index (χ1) is 21.9. The van der Waals surface area contributed by atoms with Crippen LogP contribution in [0.25, 0.3) is 0 Å². The lowest BCUT2D eigenvalue weighted by molar-refractivity contribution is -0.441. The molecule has 0 saturated carbocycles. The van der Waals surface area contributed by atoms with Gasteiger partial charge >= 0.3 is 91.7 Å². The van der Waals surface area contributed by atoms with E-state index in [-0.39, 0.29) is 0 Å². The summed E-state index contributed by atoms with van der Waals surface area (Å²) in [4.78, 5) is 21.6. The molecule has 0 saturated heterocycles. The van der Waals surface area contributed by atoms with Crippen molar-refractivity contribution in [1.82, 2.24) is 5.32 Å². The van der Waals surface area contributed by atoms with E-state index >= 15 is 0 Å². The molecular weight excluding hydrogens is 871 g/mol. The summed E-state index contributed by atoms with van der Waals surface area (Å²) in [7, 11) is -4.64. The summed E-state index contributed by atoms with van der Waals surface area (Å²) in [6.07, 6.45) is -25.8. The Bertz CT molecular complexity index is 1170. The van der Waals surface area contributed by atoms with Crippen LogP contribution in [0.15, 0.2) is 0 Å². The molecule has 0 spiro atoms. The molecular formula is C16H8F30NO4P. The number of hydrogen-bond acceptors (Lipinski definition) is 2. The van der Waals surface area contributed by atoms with Gasteiger partial charge in [-0.2, -0.15) is 105 Å². The van der Waals surface area contributed by atoms with Crippen molar-refractivity contribution in [3.05, 3.63) is 0 Å². The van der Waals surface area contributed by atoms with Gasteiger partial charge in [0.15, 0.2) is 0 Å². The second-order valence-corrected chi connectivity index (χ2v) is 10.1. The molecule has 0 heterocycles. The summed E-state index contributed by atoms with van der Waals surface area (Å²) in [6, 6.07) is 0. The maximum absolute atomic E-state index is 13.6. The predicted molar refractivity (Wildman–Crippen MR) is 98.6 cm³/mol. The Labute approximate surface area is 262 Å². The minimum Gasteiger partial charge on any atom is -0.303 e. The number of alkyl halides is 30. The molecule has 0 aliphatic rings. The van der Waals surface area contributed by atoms with E-state index in [4.69, 9.17) is 19.2 Å². The third-order valence-corrected chi connectivity index (χ3v) is 5.52. The van der Waals surface area contributed by atoms with Gasteiger partial charge in [-0.1, -0.05) is 0 Å². The Kier molecular flexibility index (Phi) is 14.3. The van der Waals surface area contributed by atoms with Crippen molar-refractivity contribution in [2.75, 3.05) is 0 Å². The molecule has 0 aromatic carbocycles. The molecule has 5 nitrogen and oxygen atoms in total. The van der Waals surface area contributed by atoms with Gasteiger partial charge in [0.25, 0.3) is 0 Å². The van der Waals surface area contributed by atoms with Crippen LogP contribution in [0.5, 0.6) is 0 Å². The standard InChI is InChI=1S/C16H5F30N.H3O4P/c17-1(18)5(23,24)9(31,32)13(39,40)15(43,44)11(35,36)7(27,28)3(21)47-4(22)8(29,30)12(37,38)16(45,46)14(41,42)10(33,34)6(25,26)2(19)20;1-5(2,3)4/h1-4,47H;(H3,1,2,3,4). The number of hydrogen-bond donors (Lipinski definition) is 4. The zero-order valence-corrected chi connectivity index (χ0v) is 23.2. The van der Waals surface area contributed by atoms with Gasteiger partial charge in [-0.3, -0.25) is 0 Å². The highest BCUT2D eigenvalue weighted by molar-refractivity contribution is 7.45. The molecule has 0 radical (unpaired) electrons. The lowest BCUT2D eigenvalue weighted by Gasteiger charge is -2.43. The third kappa shape index (κ3) is 7.87. The summed E-state index contributed by atoms with van der Waals surface area (Å²) < 4.78 is 403. The second kappa shape index (κ2) is 14.2. The Morgan fingerprint density at radius 3 is 0.596 bits per heavy atom. The summed E-state index contributed by atoms with van der Waals surface area (Å²) in [6.45, 7) is 0. The van der Waals surface area contributed by atoms with E-state index in [0.717, 1.165) is 0 Å². The summed E-state index contributed by atoms with van der Waals surface area (Å²) >= 11 is 0. The van der Waals surface area contributed by atoms with Crippen molar-refractivity contribution in [3.8, 4) is 0 Å². The molecule has 0 bridgehead atoms. The Morgan fingerprint density at radius 1 is 0.327 bits per heavy atom. The van der Waals surface area contributed by atoms with Gasteiger partial charge in [-0.15, -0.1) is 0 Å². The zero-order chi connectivity index (χ0) is 43.5. The largest absolute Gasteiger partial charge is 0.466 e. The van der Waals surface area contributed by atoms with Crippen LogP contribution in [0.4, 0.5) is 132 Å². The average Bonchev–Trinajstić information content (AvgIpc) is 2.90. The first-order valence-electron chi connectivity index (χ1n) is 10.9. The van der Waals surface area contributed by atoms with E-state index in [0.29, 0.717) is 0 Å². The minimum atomic E-state index is -9.06. The molecule has 52 heavy (non-hydrogen) atoms. The van der Waals surface area contributed by atoms with Crippen molar-refractivity contribution in [2.24, 2.45) is 0 Å². The van der Waals surface area contributed by atoms with Crippen LogP contribution in [0.1, 0.15) is 0 Å². The van der Waals surface area contributed by atoms with Crippen LogP contribution in [0.3, 0.4) is 0 Å². The summed E-state index contributed by atoms with van der Waals surface area (Å²) in [5, 5.41) is -1.57. The lowest BCUT2D eigenvalue weighted by Crippen LogP contribution is -2.75. The quantitative estimate of drug-likeness (QED) is 0.0712. The van der Waals surface area contributed by atoms with Gasteiger partial charge in [0.05, 0.1) is 0 Å². The SMILES string of the molecule is FC(F)C(F)(F)C(F)(F)C(F)(F)C(F)(F)C(F)(F)C(F)(F)C(F)NC(F)C(F)(F)C(F)(F)C(F)(F)C(F)(F)C(F)(F)C(F)(F)C(F)F.O=P(O)(O)O. The molecule has 0 fully saturated rings. The second-order valence-electron chi connectivity index (χ2n) is 9.09. The first-order valence-corrected chi connectivity index (χ1v) is 12.4. The number of rotatable bonds is 16. The van der Waals surface area contributed by atoms with Crippen LogP contribution in [0.2, 0.25) is 0 Å². The topological polar surface area (TPSA) is 89.8 Å². The monoisotopic (exact) mass is 879 g/mol. The molecule has 36 heteroatoms. The van der Waals surface area contributed by atoms with Gasteiger partial charge in [0.2, 0.25) is 12.6 Å². The fourth-order valence-corrected chi connectivity index (χ4v) is 2.56. The molecule has 0 aromatic rings. The van der Waals surface area contributed by atoms with Crippen LogP contribution in [-0.4, -0.2) is 111 Å². The molecule has 4 N–H and O–H groups in total. The van der Waals surface area contributed by atoms with Crippen molar-refractivity contribution in [1.29, 1.82) is 0 Å². The smallest absolute Gasteiger partial charge is 0.303 e. The molecule has 0 aromatic heterocycles. The van der Waals surface area contributed by atoms with Crippen molar-refractivity contribution in [3.63, 3.8) is 0 Å². The van der Waals surface area contributed by atoms with E-state index < -0.39 is 110 Å².